The van der Waals surface area contributed by atoms with Gasteiger partial charge in [0, 0.05) is 15.3 Å². The van der Waals surface area contributed by atoms with E-state index in [1.165, 1.54) is 6.07 Å². The number of rotatable bonds is 4. The van der Waals surface area contributed by atoms with Gasteiger partial charge in [0.25, 0.3) is 0 Å². The summed E-state index contributed by atoms with van der Waals surface area (Å²) in [4.78, 5) is 2.06. The smallest absolute Gasteiger partial charge is 0.387 e. The van der Waals surface area contributed by atoms with Crippen LogP contribution in [0.5, 0.6) is 5.75 Å². The van der Waals surface area contributed by atoms with Crippen LogP contribution in [0.2, 0.25) is 0 Å². The van der Waals surface area contributed by atoms with Crippen molar-refractivity contribution in [1.82, 2.24) is 0 Å². The SMILES string of the molecule is Cc1ccc(C(N)c2ccccc2OC(F)F)s1. The van der Waals surface area contributed by atoms with Gasteiger partial charge >= 0.3 is 6.61 Å². The highest BCUT2D eigenvalue weighted by Gasteiger charge is 2.17. The Morgan fingerprint density at radius 3 is 2.50 bits per heavy atom. The quantitative estimate of drug-likeness (QED) is 0.918. The number of thiophene rings is 1. The molecule has 0 aliphatic rings. The van der Waals surface area contributed by atoms with Crippen molar-refractivity contribution in [2.24, 2.45) is 5.73 Å². The van der Waals surface area contributed by atoms with Gasteiger partial charge in [0.05, 0.1) is 6.04 Å². The Labute approximate surface area is 108 Å². The van der Waals surface area contributed by atoms with Crippen LogP contribution >= 0.6 is 11.3 Å². The van der Waals surface area contributed by atoms with E-state index in [9.17, 15) is 8.78 Å². The maximum atomic E-state index is 12.3. The molecule has 5 heteroatoms. The number of ether oxygens (including phenoxy) is 1. The lowest BCUT2D eigenvalue weighted by Crippen LogP contribution is -2.13. The van der Waals surface area contributed by atoms with Gasteiger partial charge in [-0.3, -0.25) is 0 Å². The summed E-state index contributed by atoms with van der Waals surface area (Å²) in [5, 5.41) is 0. The highest BCUT2D eigenvalue weighted by atomic mass is 32.1. The minimum Gasteiger partial charge on any atom is -0.434 e. The predicted octanol–water partition coefficient (Wildman–Crippen LogP) is 3.71. The molecule has 2 N–H and O–H groups in total. The summed E-state index contributed by atoms with van der Waals surface area (Å²) in [6.45, 7) is -0.869. The van der Waals surface area contributed by atoms with Crippen molar-refractivity contribution in [2.45, 2.75) is 19.6 Å². The zero-order chi connectivity index (χ0) is 13.1. The summed E-state index contributed by atoms with van der Waals surface area (Å²) in [6, 6.07) is 10.0. The lowest BCUT2D eigenvalue weighted by atomic mass is 10.1. The molecule has 0 spiro atoms. The number of alkyl halides is 2. The van der Waals surface area contributed by atoms with Crippen molar-refractivity contribution in [3.63, 3.8) is 0 Å². The van der Waals surface area contributed by atoms with Crippen molar-refractivity contribution in [3.05, 3.63) is 51.7 Å². The molecule has 2 rings (SSSR count). The molecule has 2 aromatic rings. The molecule has 0 aliphatic heterocycles. The predicted molar refractivity (Wildman–Crippen MR) is 68.2 cm³/mol. The van der Waals surface area contributed by atoms with E-state index in [0.29, 0.717) is 5.56 Å². The molecule has 0 saturated carbocycles. The molecule has 0 saturated heterocycles. The fraction of sp³-hybridized carbons (Fsp3) is 0.231. The summed E-state index contributed by atoms with van der Waals surface area (Å²) in [5.74, 6) is 0.131. The Kier molecular flexibility index (Phi) is 3.93. The third-order valence-corrected chi connectivity index (χ3v) is 3.62. The minimum atomic E-state index is -2.84. The maximum Gasteiger partial charge on any atom is 0.387 e. The van der Waals surface area contributed by atoms with Crippen LogP contribution in [0.3, 0.4) is 0 Å². The first-order valence-electron chi connectivity index (χ1n) is 5.43. The Bertz CT molecular complexity index is 527. The van der Waals surface area contributed by atoms with Gasteiger partial charge in [0.2, 0.25) is 0 Å². The van der Waals surface area contributed by atoms with Gasteiger partial charge in [0.1, 0.15) is 5.75 Å². The van der Waals surface area contributed by atoms with Crippen LogP contribution in [0.25, 0.3) is 0 Å². The summed E-state index contributed by atoms with van der Waals surface area (Å²) in [6.07, 6.45) is 0. The summed E-state index contributed by atoms with van der Waals surface area (Å²) < 4.78 is 29.1. The molecule has 1 aromatic carbocycles. The van der Waals surface area contributed by atoms with Crippen LogP contribution in [-0.2, 0) is 0 Å². The van der Waals surface area contributed by atoms with Gasteiger partial charge in [-0.25, -0.2) is 0 Å². The standard InChI is InChI=1S/C13H13F2NOS/c1-8-6-7-11(18-8)12(16)9-4-2-3-5-10(9)17-13(14)15/h2-7,12-13H,16H2,1H3. The molecule has 0 fully saturated rings. The summed E-state index contributed by atoms with van der Waals surface area (Å²) in [5.41, 5.74) is 6.66. The first-order chi connectivity index (χ1) is 8.58. The maximum absolute atomic E-state index is 12.3. The average molecular weight is 269 g/mol. The second-order valence-corrected chi connectivity index (χ2v) is 5.16. The van der Waals surface area contributed by atoms with Gasteiger partial charge in [-0.15, -0.1) is 11.3 Å². The lowest BCUT2D eigenvalue weighted by Gasteiger charge is -2.15. The minimum absolute atomic E-state index is 0.131. The zero-order valence-corrected chi connectivity index (χ0v) is 10.6. The first-order valence-corrected chi connectivity index (χ1v) is 6.25. The molecule has 1 aromatic heterocycles. The van der Waals surface area contributed by atoms with E-state index in [1.807, 2.05) is 19.1 Å². The molecule has 0 bridgehead atoms. The third kappa shape index (κ3) is 2.86. The molecule has 1 heterocycles. The number of nitrogens with two attached hydrogens (primary N) is 1. The first kappa shape index (κ1) is 13.0. The summed E-state index contributed by atoms with van der Waals surface area (Å²) >= 11 is 1.55. The largest absolute Gasteiger partial charge is 0.434 e. The summed E-state index contributed by atoms with van der Waals surface area (Å²) in [7, 11) is 0. The second-order valence-electron chi connectivity index (χ2n) is 3.84. The molecule has 1 unspecified atom stereocenters. The van der Waals surface area contributed by atoms with E-state index in [2.05, 4.69) is 4.74 Å². The average Bonchev–Trinajstić information content (AvgIpc) is 2.75. The molecule has 1 atom stereocenters. The van der Waals surface area contributed by atoms with E-state index < -0.39 is 12.7 Å². The fourth-order valence-electron chi connectivity index (χ4n) is 1.71. The van der Waals surface area contributed by atoms with Crippen LogP contribution in [0.4, 0.5) is 8.78 Å². The van der Waals surface area contributed by atoms with Gasteiger partial charge in [0.15, 0.2) is 0 Å². The van der Waals surface area contributed by atoms with E-state index in [-0.39, 0.29) is 5.75 Å². The van der Waals surface area contributed by atoms with Crippen LogP contribution in [0, 0.1) is 6.92 Å². The van der Waals surface area contributed by atoms with Crippen molar-refractivity contribution < 1.29 is 13.5 Å². The van der Waals surface area contributed by atoms with Crippen LogP contribution in [-0.4, -0.2) is 6.61 Å². The van der Waals surface area contributed by atoms with Crippen LogP contribution < -0.4 is 10.5 Å². The number of aryl methyl sites for hydroxylation is 1. The van der Waals surface area contributed by atoms with E-state index in [4.69, 9.17) is 5.73 Å². The second kappa shape index (κ2) is 5.46. The van der Waals surface area contributed by atoms with Crippen molar-refractivity contribution in [3.8, 4) is 5.75 Å². The fourth-order valence-corrected chi connectivity index (χ4v) is 2.61. The Morgan fingerprint density at radius 1 is 1.17 bits per heavy atom. The molecule has 0 radical (unpaired) electrons. The van der Waals surface area contributed by atoms with Crippen molar-refractivity contribution in [1.29, 1.82) is 0 Å². The number of hydrogen-bond acceptors (Lipinski definition) is 3. The Hall–Kier alpha value is -1.46. The number of hydrogen-bond donors (Lipinski definition) is 1. The van der Waals surface area contributed by atoms with Crippen molar-refractivity contribution >= 4 is 11.3 Å². The number of para-hydroxylation sites is 1. The van der Waals surface area contributed by atoms with Crippen LogP contribution in [0.15, 0.2) is 36.4 Å². The molecule has 0 amide bonds. The van der Waals surface area contributed by atoms with E-state index >= 15 is 0 Å². The lowest BCUT2D eigenvalue weighted by molar-refractivity contribution is -0.0505. The zero-order valence-electron chi connectivity index (χ0n) is 9.77. The normalized spacial score (nSPS) is 12.7. The number of halogens is 2. The molecular formula is C13H13F2NOS. The third-order valence-electron chi connectivity index (χ3n) is 2.54. The highest BCUT2D eigenvalue weighted by molar-refractivity contribution is 7.12. The Morgan fingerprint density at radius 2 is 1.89 bits per heavy atom. The molecular weight excluding hydrogens is 256 g/mol. The van der Waals surface area contributed by atoms with Crippen molar-refractivity contribution in [2.75, 3.05) is 0 Å². The molecule has 2 nitrogen and oxygen atoms in total. The van der Waals surface area contributed by atoms with Gasteiger partial charge in [-0.1, -0.05) is 18.2 Å². The van der Waals surface area contributed by atoms with Crippen LogP contribution in [0.1, 0.15) is 21.4 Å². The number of benzene rings is 1. The molecule has 96 valence electrons. The molecule has 0 aliphatic carbocycles. The monoisotopic (exact) mass is 269 g/mol. The Balaban J connectivity index is 2.32. The topological polar surface area (TPSA) is 35.2 Å². The van der Waals surface area contributed by atoms with E-state index in [0.717, 1.165) is 9.75 Å². The van der Waals surface area contributed by atoms with Gasteiger partial charge in [-0.05, 0) is 25.1 Å². The van der Waals surface area contributed by atoms with Gasteiger partial charge < -0.3 is 10.5 Å². The van der Waals surface area contributed by atoms with Gasteiger partial charge in [-0.2, -0.15) is 8.78 Å². The highest BCUT2D eigenvalue weighted by Crippen LogP contribution is 2.32. The van der Waals surface area contributed by atoms with E-state index in [1.54, 1.807) is 29.5 Å². The molecule has 18 heavy (non-hydrogen) atoms.